The summed E-state index contributed by atoms with van der Waals surface area (Å²) in [5, 5.41) is 0. The molecule has 0 aliphatic heterocycles. The van der Waals surface area contributed by atoms with Crippen molar-refractivity contribution in [2.45, 2.75) is 11.3 Å². The molecule has 0 aliphatic rings. The summed E-state index contributed by atoms with van der Waals surface area (Å²) in [6.07, 6.45) is 0.748. The number of likely N-dealkylation sites (N-methyl/N-ethyl adjacent to an activating group) is 2. The summed E-state index contributed by atoms with van der Waals surface area (Å²) in [6, 6.07) is 6.91. The van der Waals surface area contributed by atoms with Crippen molar-refractivity contribution < 1.29 is 8.42 Å². The van der Waals surface area contributed by atoms with Gasteiger partial charge < -0.3 is 4.90 Å². The van der Waals surface area contributed by atoms with E-state index in [1.807, 2.05) is 31.1 Å². The maximum absolute atomic E-state index is 12.3. The minimum atomic E-state index is -3.39. The lowest BCUT2D eigenvalue weighted by Gasteiger charge is -2.19. The van der Waals surface area contributed by atoms with Crippen molar-refractivity contribution in [2.75, 3.05) is 40.1 Å². The van der Waals surface area contributed by atoms with Gasteiger partial charge in [0.2, 0.25) is 10.0 Å². The lowest BCUT2D eigenvalue weighted by atomic mass is 10.2. The van der Waals surface area contributed by atoms with Crippen LogP contribution in [0, 0.1) is 0 Å². The van der Waals surface area contributed by atoms with Crippen LogP contribution >= 0.6 is 11.6 Å². The Hall–Kier alpha value is -0.620. The molecule has 0 radical (unpaired) electrons. The highest BCUT2D eigenvalue weighted by molar-refractivity contribution is 7.89. The van der Waals surface area contributed by atoms with E-state index in [1.165, 1.54) is 4.31 Å². The number of sulfonamides is 1. The molecule has 6 heteroatoms. The summed E-state index contributed by atoms with van der Waals surface area (Å²) >= 11 is 5.66. The molecule has 0 saturated carbocycles. The Bertz CT molecular complexity index is 486. The van der Waals surface area contributed by atoms with Crippen LogP contribution in [0.25, 0.3) is 0 Å². The molecule has 1 aromatic rings. The molecule has 0 fully saturated rings. The smallest absolute Gasteiger partial charge is 0.242 e. The third-order valence-electron chi connectivity index (χ3n) is 2.88. The molecule has 0 unspecified atom stereocenters. The molecule has 4 nitrogen and oxygen atoms in total. The zero-order valence-electron chi connectivity index (χ0n) is 11.6. The Morgan fingerprint density at radius 3 is 2.11 bits per heavy atom. The minimum Gasteiger partial charge on any atom is -0.308 e. The maximum Gasteiger partial charge on any atom is 0.242 e. The van der Waals surface area contributed by atoms with E-state index in [4.69, 9.17) is 11.6 Å². The predicted octanol–water partition coefficient (Wildman–Crippen LogP) is 1.65. The molecule has 0 N–H and O–H groups in total. The Labute approximate surface area is 121 Å². The predicted molar refractivity (Wildman–Crippen MR) is 79.2 cm³/mol. The lowest BCUT2D eigenvalue weighted by molar-refractivity contribution is 0.358. The van der Waals surface area contributed by atoms with E-state index in [-0.39, 0.29) is 0 Å². The molecular formula is C13H21ClN2O2S. The van der Waals surface area contributed by atoms with Gasteiger partial charge in [0.05, 0.1) is 4.90 Å². The van der Waals surface area contributed by atoms with Crippen LogP contribution in [-0.4, -0.2) is 57.7 Å². The SMILES string of the molecule is CN(C)CCN(C)S(=O)(=O)c1ccc(CCCl)cc1. The minimum absolute atomic E-state index is 0.326. The molecule has 19 heavy (non-hydrogen) atoms. The van der Waals surface area contributed by atoms with E-state index in [9.17, 15) is 8.42 Å². The van der Waals surface area contributed by atoms with E-state index in [0.717, 1.165) is 12.0 Å². The Kier molecular flexibility index (Phi) is 6.26. The average Bonchev–Trinajstić information content (AvgIpc) is 2.36. The van der Waals surface area contributed by atoms with Crippen LogP contribution in [-0.2, 0) is 16.4 Å². The topological polar surface area (TPSA) is 40.6 Å². The van der Waals surface area contributed by atoms with Gasteiger partial charge in [-0.15, -0.1) is 11.6 Å². The third kappa shape index (κ3) is 4.76. The van der Waals surface area contributed by atoms with Gasteiger partial charge in [0.15, 0.2) is 0 Å². The van der Waals surface area contributed by atoms with Crippen molar-refractivity contribution >= 4 is 21.6 Å². The van der Waals surface area contributed by atoms with Crippen molar-refractivity contribution in [1.82, 2.24) is 9.21 Å². The van der Waals surface area contributed by atoms with Crippen molar-refractivity contribution in [2.24, 2.45) is 0 Å². The monoisotopic (exact) mass is 304 g/mol. The van der Waals surface area contributed by atoms with Crippen molar-refractivity contribution in [3.05, 3.63) is 29.8 Å². The molecular weight excluding hydrogens is 284 g/mol. The number of halogens is 1. The summed E-state index contributed by atoms with van der Waals surface area (Å²) in [7, 11) is 2.05. The molecule has 1 rings (SSSR count). The molecule has 0 bridgehead atoms. The first kappa shape index (κ1) is 16.4. The quantitative estimate of drug-likeness (QED) is 0.719. The Balaban J connectivity index is 2.81. The van der Waals surface area contributed by atoms with Gasteiger partial charge in [-0.2, -0.15) is 4.31 Å². The van der Waals surface area contributed by atoms with Gasteiger partial charge >= 0.3 is 0 Å². The van der Waals surface area contributed by atoms with Crippen LogP contribution in [0.15, 0.2) is 29.2 Å². The van der Waals surface area contributed by atoms with Crippen LogP contribution in [0.1, 0.15) is 5.56 Å². The van der Waals surface area contributed by atoms with Crippen LogP contribution in [0.4, 0.5) is 0 Å². The second-order valence-corrected chi connectivity index (χ2v) is 7.14. The fraction of sp³-hybridized carbons (Fsp3) is 0.538. The first-order chi connectivity index (χ1) is 8.87. The number of hydrogen-bond acceptors (Lipinski definition) is 3. The van der Waals surface area contributed by atoms with E-state index < -0.39 is 10.0 Å². The van der Waals surface area contributed by atoms with Gasteiger partial charge in [0, 0.05) is 26.0 Å². The van der Waals surface area contributed by atoms with Gasteiger partial charge in [-0.1, -0.05) is 12.1 Å². The van der Waals surface area contributed by atoms with Gasteiger partial charge in [-0.25, -0.2) is 8.42 Å². The Morgan fingerprint density at radius 2 is 1.63 bits per heavy atom. The van der Waals surface area contributed by atoms with Crippen molar-refractivity contribution in [3.8, 4) is 0 Å². The number of benzene rings is 1. The zero-order valence-corrected chi connectivity index (χ0v) is 13.2. The fourth-order valence-corrected chi connectivity index (χ4v) is 2.96. The van der Waals surface area contributed by atoms with Crippen LogP contribution < -0.4 is 0 Å². The van der Waals surface area contributed by atoms with Crippen LogP contribution in [0.5, 0.6) is 0 Å². The standard InChI is InChI=1S/C13H21ClN2O2S/c1-15(2)10-11-16(3)19(17,18)13-6-4-12(5-7-13)8-9-14/h4-7H,8-11H2,1-3H3. The van der Waals surface area contributed by atoms with Crippen molar-refractivity contribution in [3.63, 3.8) is 0 Å². The summed E-state index contributed by atoms with van der Waals surface area (Å²) in [6.45, 7) is 1.17. The number of nitrogens with zero attached hydrogens (tertiary/aromatic N) is 2. The summed E-state index contributed by atoms with van der Waals surface area (Å²) in [4.78, 5) is 2.28. The highest BCUT2D eigenvalue weighted by Gasteiger charge is 2.20. The highest BCUT2D eigenvalue weighted by Crippen LogP contribution is 2.15. The number of rotatable bonds is 7. The van der Waals surface area contributed by atoms with Crippen molar-refractivity contribution in [1.29, 1.82) is 0 Å². The van der Waals surface area contributed by atoms with Crippen LogP contribution in [0.2, 0.25) is 0 Å². The van der Waals surface area contributed by atoms with Gasteiger partial charge in [-0.3, -0.25) is 0 Å². The average molecular weight is 305 g/mol. The van der Waals surface area contributed by atoms with E-state index in [2.05, 4.69) is 0 Å². The van der Waals surface area contributed by atoms with Crippen LogP contribution in [0.3, 0.4) is 0 Å². The summed E-state index contributed by atoms with van der Waals surface area (Å²) in [5.41, 5.74) is 1.05. The third-order valence-corrected chi connectivity index (χ3v) is 4.94. The fourth-order valence-electron chi connectivity index (χ4n) is 1.58. The molecule has 0 heterocycles. The second-order valence-electron chi connectivity index (χ2n) is 4.71. The zero-order chi connectivity index (χ0) is 14.5. The molecule has 0 atom stereocenters. The normalized spacial score (nSPS) is 12.3. The molecule has 0 saturated heterocycles. The molecule has 0 aromatic heterocycles. The lowest BCUT2D eigenvalue weighted by Crippen LogP contribution is -2.33. The second kappa shape index (κ2) is 7.24. The molecule has 0 aliphatic carbocycles. The number of hydrogen-bond donors (Lipinski definition) is 0. The Morgan fingerprint density at radius 1 is 1.05 bits per heavy atom. The van der Waals surface area contributed by atoms with E-state index in [1.54, 1.807) is 19.2 Å². The molecule has 0 spiro atoms. The van der Waals surface area contributed by atoms with Gasteiger partial charge in [-0.05, 0) is 38.2 Å². The molecule has 108 valence electrons. The highest BCUT2D eigenvalue weighted by atomic mass is 35.5. The maximum atomic E-state index is 12.3. The molecule has 1 aromatic carbocycles. The first-order valence-electron chi connectivity index (χ1n) is 6.14. The van der Waals surface area contributed by atoms with E-state index >= 15 is 0 Å². The summed E-state index contributed by atoms with van der Waals surface area (Å²) < 4.78 is 26.0. The largest absolute Gasteiger partial charge is 0.308 e. The molecule has 0 amide bonds. The summed E-state index contributed by atoms with van der Waals surface area (Å²) in [5.74, 6) is 0.537. The first-order valence-corrected chi connectivity index (χ1v) is 8.11. The number of aryl methyl sites for hydroxylation is 1. The van der Waals surface area contributed by atoms with E-state index in [0.29, 0.717) is 23.9 Å². The number of alkyl halides is 1. The van der Waals surface area contributed by atoms with Gasteiger partial charge in [0.1, 0.15) is 0 Å². The van der Waals surface area contributed by atoms with Gasteiger partial charge in [0.25, 0.3) is 0 Å².